The minimum Gasteiger partial charge on any atom is -0.443 e. The first-order chi connectivity index (χ1) is 11.6. The molecule has 2 aliphatic heterocycles. The van der Waals surface area contributed by atoms with E-state index in [1.165, 1.54) is 6.07 Å². The number of carbonyl (C=O) groups excluding carboxylic acids is 1. The molecule has 0 aromatic carbocycles. The molecule has 3 heterocycles. The van der Waals surface area contributed by atoms with Crippen molar-refractivity contribution in [3.05, 3.63) is 23.7 Å². The van der Waals surface area contributed by atoms with Crippen molar-refractivity contribution in [2.75, 3.05) is 31.6 Å². The van der Waals surface area contributed by atoms with E-state index in [1.807, 2.05) is 11.9 Å². The summed E-state index contributed by atoms with van der Waals surface area (Å²) in [5.74, 6) is 5.48. The fourth-order valence-corrected chi connectivity index (χ4v) is 5.31. The molecule has 1 aromatic rings. The number of rotatable bonds is 1. The van der Waals surface area contributed by atoms with Gasteiger partial charge in [0.15, 0.2) is 21.4 Å². The molecule has 1 N–H and O–H groups in total. The molecular weight excluding hydrogens is 344 g/mol. The number of hydrogen-bond acceptors (Lipinski definition) is 6. The Morgan fingerprint density at radius 2 is 1.96 bits per heavy atom. The van der Waals surface area contributed by atoms with Gasteiger partial charge < -0.3 is 14.4 Å². The Hall–Kier alpha value is -1.82. The molecule has 136 valence electrons. The van der Waals surface area contributed by atoms with Crippen molar-refractivity contribution in [2.45, 2.75) is 31.5 Å². The van der Waals surface area contributed by atoms with Crippen molar-refractivity contribution in [2.24, 2.45) is 0 Å². The van der Waals surface area contributed by atoms with Crippen molar-refractivity contribution < 1.29 is 22.7 Å². The first-order valence-electron chi connectivity index (χ1n) is 8.13. The molecule has 25 heavy (non-hydrogen) atoms. The number of aliphatic hydroxyl groups is 1. The van der Waals surface area contributed by atoms with E-state index < -0.39 is 15.4 Å². The van der Waals surface area contributed by atoms with Crippen LogP contribution in [-0.2, 0) is 9.84 Å². The summed E-state index contributed by atoms with van der Waals surface area (Å²) in [5, 5.41) is 9.62. The Kier molecular flexibility index (Phi) is 4.43. The predicted molar refractivity (Wildman–Crippen MR) is 91.8 cm³/mol. The zero-order valence-corrected chi connectivity index (χ0v) is 15.3. The molecular formula is C17H22N2O5S. The summed E-state index contributed by atoms with van der Waals surface area (Å²) in [7, 11) is -1.26. The minimum absolute atomic E-state index is 0.0141. The highest BCUT2D eigenvalue weighted by molar-refractivity contribution is 7.91. The van der Waals surface area contributed by atoms with Crippen molar-refractivity contribution in [3.63, 3.8) is 0 Å². The van der Waals surface area contributed by atoms with E-state index in [0.29, 0.717) is 13.1 Å². The Morgan fingerprint density at radius 3 is 2.64 bits per heavy atom. The SMILES string of the molecule is CN1CCN(C(=O)c2ccc(C#CC(C)(C)O)o2)[C@H]2CS(=O)(=O)C[C@H]21. The third-order valence-corrected chi connectivity index (χ3v) is 6.22. The number of hydrogen-bond donors (Lipinski definition) is 1. The fourth-order valence-electron chi connectivity index (χ4n) is 3.25. The van der Waals surface area contributed by atoms with Crippen LogP contribution < -0.4 is 0 Å². The van der Waals surface area contributed by atoms with Gasteiger partial charge >= 0.3 is 0 Å². The maximum Gasteiger partial charge on any atom is 0.289 e. The molecule has 7 nitrogen and oxygen atoms in total. The van der Waals surface area contributed by atoms with E-state index in [1.54, 1.807) is 24.8 Å². The van der Waals surface area contributed by atoms with Crippen molar-refractivity contribution in [1.82, 2.24) is 9.80 Å². The maximum absolute atomic E-state index is 12.8. The molecule has 2 saturated heterocycles. The average molecular weight is 366 g/mol. The second-order valence-electron chi connectivity index (χ2n) is 7.16. The number of amides is 1. The van der Waals surface area contributed by atoms with E-state index in [4.69, 9.17) is 4.42 Å². The van der Waals surface area contributed by atoms with Gasteiger partial charge in [-0.2, -0.15) is 0 Å². The molecule has 3 rings (SSSR count). The molecule has 2 fully saturated rings. The van der Waals surface area contributed by atoms with Crippen LogP contribution in [0, 0.1) is 11.8 Å². The zero-order chi connectivity index (χ0) is 18.4. The van der Waals surface area contributed by atoms with Gasteiger partial charge in [0.25, 0.3) is 5.91 Å². The van der Waals surface area contributed by atoms with Gasteiger partial charge in [-0.05, 0) is 38.9 Å². The molecule has 0 aliphatic carbocycles. The molecule has 2 atom stereocenters. The summed E-state index contributed by atoms with van der Waals surface area (Å²) in [6.45, 7) is 4.19. The standard InChI is InChI=1S/C17H22N2O5S/c1-17(2,21)7-6-12-4-5-15(24-12)16(20)19-9-8-18(3)13-10-25(22,23)11-14(13)19/h4-5,13-14,21H,8-11H2,1-3H3/t13-,14+/m1/s1. The largest absolute Gasteiger partial charge is 0.443 e. The van der Waals surface area contributed by atoms with Gasteiger partial charge in [-0.15, -0.1) is 0 Å². The Morgan fingerprint density at radius 1 is 1.28 bits per heavy atom. The van der Waals surface area contributed by atoms with Crippen LogP contribution in [0.2, 0.25) is 0 Å². The van der Waals surface area contributed by atoms with Gasteiger partial charge in [-0.1, -0.05) is 5.92 Å². The summed E-state index contributed by atoms with van der Waals surface area (Å²) in [4.78, 5) is 16.4. The average Bonchev–Trinajstić information content (AvgIpc) is 3.08. The lowest BCUT2D eigenvalue weighted by molar-refractivity contribution is 0.0382. The summed E-state index contributed by atoms with van der Waals surface area (Å²) in [6, 6.07) is 2.58. The number of likely N-dealkylation sites (N-methyl/N-ethyl adjacent to an activating group) is 1. The maximum atomic E-state index is 12.8. The Bertz CT molecular complexity index is 840. The Balaban J connectivity index is 1.81. The second-order valence-corrected chi connectivity index (χ2v) is 9.32. The van der Waals surface area contributed by atoms with Gasteiger partial charge in [0, 0.05) is 19.1 Å². The quantitative estimate of drug-likeness (QED) is 0.701. The normalized spacial score (nSPS) is 26.0. The molecule has 0 spiro atoms. The Labute approximate surface area is 147 Å². The van der Waals surface area contributed by atoms with E-state index in [2.05, 4.69) is 11.8 Å². The number of furan rings is 1. The van der Waals surface area contributed by atoms with Gasteiger partial charge in [0.05, 0.1) is 17.5 Å². The van der Waals surface area contributed by atoms with Crippen LogP contribution >= 0.6 is 0 Å². The van der Waals surface area contributed by atoms with Crippen LogP contribution in [0.15, 0.2) is 16.5 Å². The summed E-state index contributed by atoms with van der Waals surface area (Å²) < 4.78 is 29.5. The lowest BCUT2D eigenvalue weighted by Crippen LogP contribution is -2.59. The topological polar surface area (TPSA) is 91.1 Å². The molecule has 8 heteroatoms. The molecule has 0 bridgehead atoms. The first kappa shape index (κ1) is 18.0. The zero-order valence-electron chi connectivity index (χ0n) is 14.5. The van der Waals surface area contributed by atoms with Crippen LogP contribution in [0.4, 0.5) is 0 Å². The van der Waals surface area contributed by atoms with E-state index in [-0.39, 0.29) is 41.0 Å². The summed E-state index contributed by atoms with van der Waals surface area (Å²) in [5.41, 5.74) is -1.15. The van der Waals surface area contributed by atoms with Crippen LogP contribution in [0.3, 0.4) is 0 Å². The molecule has 0 radical (unpaired) electrons. The van der Waals surface area contributed by atoms with Crippen LogP contribution in [-0.4, -0.2) is 78.6 Å². The van der Waals surface area contributed by atoms with Crippen molar-refractivity contribution in [1.29, 1.82) is 0 Å². The van der Waals surface area contributed by atoms with Gasteiger partial charge in [0.2, 0.25) is 0 Å². The second kappa shape index (κ2) is 6.16. The third kappa shape index (κ3) is 3.89. The lowest BCUT2D eigenvalue weighted by Gasteiger charge is -2.41. The molecule has 0 saturated carbocycles. The van der Waals surface area contributed by atoms with Crippen LogP contribution in [0.25, 0.3) is 0 Å². The molecule has 1 aromatic heterocycles. The van der Waals surface area contributed by atoms with Gasteiger partial charge in [-0.3, -0.25) is 9.69 Å². The molecule has 2 aliphatic rings. The number of fused-ring (bicyclic) bond motifs is 1. The highest BCUT2D eigenvalue weighted by Gasteiger charge is 2.47. The lowest BCUT2D eigenvalue weighted by atomic mass is 10.1. The monoisotopic (exact) mass is 366 g/mol. The van der Waals surface area contributed by atoms with Crippen molar-refractivity contribution in [3.8, 4) is 11.8 Å². The molecule has 0 unspecified atom stereocenters. The van der Waals surface area contributed by atoms with E-state index in [9.17, 15) is 18.3 Å². The summed E-state index contributed by atoms with van der Waals surface area (Å²) in [6.07, 6.45) is 0. The number of piperazine rings is 1. The van der Waals surface area contributed by atoms with Crippen LogP contribution in [0.1, 0.15) is 30.2 Å². The predicted octanol–water partition coefficient (Wildman–Crippen LogP) is -0.0448. The van der Waals surface area contributed by atoms with Gasteiger partial charge in [-0.25, -0.2) is 8.42 Å². The fraction of sp³-hybridized carbons (Fsp3) is 0.588. The third-order valence-electron chi connectivity index (χ3n) is 4.52. The summed E-state index contributed by atoms with van der Waals surface area (Å²) >= 11 is 0. The number of nitrogens with zero attached hydrogens (tertiary/aromatic N) is 2. The number of carbonyl (C=O) groups is 1. The smallest absolute Gasteiger partial charge is 0.289 e. The highest BCUT2D eigenvalue weighted by Crippen LogP contribution is 2.27. The first-order valence-corrected chi connectivity index (χ1v) is 9.95. The minimum atomic E-state index is -3.15. The highest BCUT2D eigenvalue weighted by atomic mass is 32.2. The number of sulfone groups is 1. The van der Waals surface area contributed by atoms with Crippen molar-refractivity contribution >= 4 is 15.7 Å². The van der Waals surface area contributed by atoms with E-state index in [0.717, 1.165) is 0 Å². The van der Waals surface area contributed by atoms with E-state index >= 15 is 0 Å². The van der Waals surface area contributed by atoms with Crippen LogP contribution in [0.5, 0.6) is 0 Å². The van der Waals surface area contributed by atoms with Gasteiger partial charge in [0.1, 0.15) is 5.60 Å². The molecule has 1 amide bonds.